The molecule has 0 atom stereocenters. The number of carbonyl (C=O) groups is 1. The molecule has 0 aliphatic heterocycles. The van der Waals surface area contributed by atoms with Crippen LogP contribution in [0.25, 0.3) is 11.1 Å². The fourth-order valence-electron chi connectivity index (χ4n) is 2.52. The van der Waals surface area contributed by atoms with Gasteiger partial charge in [0.15, 0.2) is 5.58 Å². The number of aromatic nitrogens is 1. The van der Waals surface area contributed by atoms with Crippen molar-refractivity contribution in [2.75, 3.05) is 6.61 Å². The second-order valence-electron chi connectivity index (χ2n) is 5.53. The quantitative estimate of drug-likeness (QED) is 0.704. The molecule has 1 N–H and O–H groups in total. The van der Waals surface area contributed by atoms with Crippen LogP contribution in [0, 0.1) is 6.92 Å². The van der Waals surface area contributed by atoms with E-state index in [2.05, 4.69) is 0 Å². The van der Waals surface area contributed by atoms with E-state index in [1.807, 2.05) is 19.1 Å². The topological polar surface area (TPSA) is 81.7 Å². The highest BCUT2D eigenvalue weighted by Gasteiger charge is 2.09. The Hall–Kier alpha value is -3.02. The van der Waals surface area contributed by atoms with Crippen molar-refractivity contribution in [3.05, 3.63) is 64.1 Å². The van der Waals surface area contributed by atoms with Gasteiger partial charge in [-0.15, -0.1) is 0 Å². The Morgan fingerprint density at radius 2 is 2.08 bits per heavy atom. The molecule has 0 unspecified atom stereocenters. The third-order valence-corrected chi connectivity index (χ3v) is 3.70. The smallest absolute Gasteiger partial charge is 0.419 e. The Labute approximate surface area is 137 Å². The summed E-state index contributed by atoms with van der Waals surface area (Å²) >= 11 is 0. The van der Waals surface area contributed by atoms with Crippen LogP contribution < -0.4 is 10.5 Å². The summed E-state index contributed by atoms with van der Waals surface area (Å²) in [5, 5.41) is 8.96. The van der Waals surface area contributed by atoms with E-state index in [-0.39, 0.29) is 11.3 Å². The summed E-state index contributed by atoms with van der Waals surface area (Å²) in [6.07, 6.45) is 0.597. The summed E-state index contributed by atoms with van der Waals surface area (Å²) < 4.78 is 12.4. The van der Waals surface area contributed by atoms with Gasteiger partial charge in [-0.05, 0) is 49.2 Å². The number of rotatable bonds is 6. The summed E-state index contributed by atoms with van der Waals surface area (Å²) in [5.41, 5.74) is 2.58. The van der Waals surface area contributed by atoms with Crippen LogP contribution in [-0.4, -0.2) is 22.2 Å². The number of nitrogens with zero attached hydrogens (tertiary/aromatic N) is 1. The zero-order valence-electron chi connectivity index (χ0n) is 13.2. The van der Waals surface area contributed by atoms with E-state index in [0.29, 0.717) is 30.9 Å². The number of carboxylic acid groups (broad SMARTS) is 1. The maximum Gasteiger partial charge on any atom is 0.419 e. The van der Waals surface area contributed by atoms with E-state index >= 15 is 0 Å². The highest BCUT2D eigenvalue weighted by molar-refractivity contribution is 5.88. The highest BCUT2D eigenvalue weighted by atomic mass is 16.5. The van der Waals surface area contributed by atoms with Gasteiger partial charge in [0.2, 0.25) is 0 Å². The minimum atomic E-state index is -0.993. The molecule has 1 aromatic heterocycles. The lowest BCUT2D eigenvalue weighted by Gasteiger charge is -2.07. The molecule has 24 heavy (non-hydrogen) atoms. The maximum absolute atomic E-state index is 11.9. The van der Waals surface area contributed by atoms with Crippen molar-refractivity contribution in [2.45, 2.75) is 19.9 Å². The molecule has 0 saturated carbocycles. The number of ether oxygens (including phenoxy) is 1. The van der Waals surface area contributed by atoms with Gasteiger partial charge >= 0.3 is 11.7 Å². The predicted octanol–water partition coefficient (Wildman–Crippen LogP) is 3.07. The van der Waals surface area contributed by atoms with Crippen molar-refractivity contribution in [1.29, 1.82) is 0 Å². The molecule has 0 radical (unpaired) electrons. The summed E-state index contributed by atoms with van der Waals surface area (Å²) in [5.74, 6) is -0.883. The van der Waals surface area contributed by atoms with Crippen molar-refractivity contribution in [2.24, 2.45) is 0 Å². The molecule has 1 heterocycles. The lowest BCUT2D eigenvalue weighted by atomic mass is 10.2. The van der Waals surface area contributed by atoms with Gasteiger partial charge in [-0.1, -0.05) is 12.1 Å². The van der Waals surface area contributed by atoms with Crippen molar-refractivity contribution in [3.63, 3.8) is 0 Å². The monoisotopic (exact) mass is 327 g/mol. The van der Waals surface area contributed by atoms with Crippen LogP contribution in [0.3, 0.4) is 0 Å². The minimum absolute atomic E-state index is 0.181. The van der Waals surface area contributed by atoms with Crippen LogP contribution in [0.15, 0.2) is 51.7 Å². The van der Waals surface area contributed by atoms with Gasteiger partial charge in [-0.2, -0.15) is 0 Å². The summed E-state index contributed by atoms with van der Waals surface area (Å²) in [7, 11) is 0. The molecule has 0 bridgehead atoms. The zero-order valence-corrected chi connectivity index (χ0v) is 13.2. The number of aromatic carboxylic acids is 1. The summed E-state index contributed by atoms with van der Waals surface area (Å²) in [6, 6.07) is 11.9. The Bertz CT molecular complexity index is 938. The number of carboxylic acids is 1. The van der Waals surface area contributed by atoms with Gasteiger partial charge in [-0.25, -0.2) is 9.59 Å². The molecule has 0 aliphatic rings. The van der Waals surface area contributed by atoms with E-state index in [1.165, 1.54) is 12.1 Å². The van der Waals surface area contributed by atoms with E-state index in [9.17, 15) is 9.59 Å². The molecule has 0 amide bonds. The average Bonchev–Trinajstić information content (AvgIpc) is 2.87. The Morgan fingerprint density at radius 3 is 2.88 bits per heavy atom. The number of fused-ring (bicyclic) bond motifs is 1. The largest absolute Gasteiger partial charge is 0.494 e. The first-order chi connectivity index (χ1) is 11.5. The molecule has 2 aromatic carbocycles. The first kappa shape index (κ1) is 15.9. The molecule has 0 saturated heterocycles. The van der Waals surface area contributed by atoms with Gasteiger partial charge in [-0.3, -0.25) is 4.57 Å². The van der Waals surface area contributed by atoms with Gasteiger partial charge in [0.1, 0.15) is 5.75 Å². The van der Waals surface area contributed by atoms with Crippen molar-refractivity contribution < 1.29 is 19.1 Å². The second-order valence-corrected chi connectivity index (χ2v) is 5.53. The lowest BCUT2D eigenvalue weighted by Crippen LogP contribution is -2.16. The minimum Gasteiger partial charge on any atom is -0.494 e. The fourth-order valence-corrected chi connectivity index (χ4v) is 2.52. The molecule has 0 fully saturated rings. The van der Waals surface area contributed by atoms with Crippen LogP contribution in [0.2, 0.25) is 0 Å². The van der Waals surface area contributed by atoms with Gasteiger partial charge in [0.05, 0.1) is 17.7 Å². The third kappa shape index (κ3) is 3.32. The SMILES string of the molecule is Cc1ccc2oc(=O)n(CCCOc3cccc(C(=O)O)c3)c2c1. The van der Waals surface area contributed by atoms with Crippen molar-refractivity contribution >= 4 is 17.1 Å². The Morgan fingerprint density at radius 1 is 1.25 bits per heavy atom. The molecule has 0 aliphatic carbocycles. The average molecular weight is 327 g/mol. The van der Waals surface area contributed by atoms with Crippen LogP contribution in [0.1, 0.15) is 22.3 Å². The molecular formula is C18H17NO5. The van der Waals surface area contributed by atoms with E-state index in [1.54, 1.807) is 22.8 Å². The van der Waals surface area contributed by atoms with Gasteiger partial charge in [0.25, 0.3) is 0 Å². The normalized spacial score (nSPS) is 10.9. The second kappa shape index (κ2) is 6.62. The maximum atomic E-state index is 11.9. The number of aryl methyl sites for hydroxylation is 2. The van der Waals surface area contributed by atoms with Gasteiger partial charge in [0, 0.05) is 6.54 Å². The molecule has 3 rings (SSSR count). The Balaban J connectivity index is 1.64. The van der Waals surface area contributed by atoms with Gasteiger partial charge < -0.3 is 14.3 Å². The molecule has 6 heteroatoms. The first-order valence-corrected chi connectivity index (χ1v) is 7.61. The molecule has 0 spiro atoms. The van der Waals surface area contributed by atoms with Crippen LogP contribution in [0.5, 0.6) is 5.75 Å². The number of hydrogen-bond acceptors (Lipinski definition) is 4. The lowest BCUT2D eigenvalue weighted by molar-refractivity contribution is 0.0696. The van der Waals surface area contributed by atoms with Crippen molar-refractivity contribution in [1.82, 2.24) is 4.57 Å². The van der Waals surface area contributed by atoms with Crippen LogP contribution in [-0.2, 0) is 6.54 Å². The number of hydrogen-bond donors (Lipinski definition) is 1. The van der Waals surface area contributed by atoms with Crippen molar-refractivity contribution in [3.8, 4) is 5.75 Å². The number of oxazole rings is 1. The highest BCUT2D eigenvalue weighted by Crippen LogP contribution is 2.16. The molecular weight excluding hydrogens is 310 g/mol. The molecule has 124 valence electrons. The van der Waals surface area contributed by atoms with Crippen LogP contribution >= 0.6 is 0 Å². The van der Waals surface area contributed by atoms with E-state index in [0.717, 1.165) is 11.1 Å². The number of benzene rings is 2. The first-order valence-electron chi connectivity index (χ1n) is 7.61. The predicted molar refractivity (Wildman–Crippen MR) is 88.7 cm³/mol. The zero-order chi connectivity index (χ0) is 17.1. The van der Waals surface area contributed by atoms with E-state index < -0.39 is 5.97 Å². The fraction of sp³-hybridized carbons (Fsp3) is 0.222. The standard InChI is InChI=1S/C18H17NO5/c1-12-6-7-16-15(10-12)19(18(22)24-16)8-3-9-23-14-5-2-4-13(11-14)17(20)21/h2,4-7,10-11H,3,8-9H2,1H3,(H,20,21). The molecule has 6 nitrogen and oxygen atoms in total. The summed E-state index contributed by atoms with van der Waals surface area (Å²) in [4.78, 5) is 22.8. The Kier molecular flexibility index (Phi) is 4.37. The molecule has 3 aromatic rings. The van der Waals surface area contributed by atoms with E-state index in [4.69, 9.17) is 14.3 Å². The summed E-state index contributed by atoms with van der Waals surface area (Å²) in [6.45, 7) is 2.79. The third-order valence-electron chi connectivity index (χ3n) is 3.70. The van der Waals surface area contributed by atoms with Crippen LogP contribution in [0.4, 0.5) is 0 Å².